The summed E-state index contributed by atoms with van der Waals surface area (Å²) < 4.78 is 0. The van der Waals surface area contributed by atoms with Crippen molar-refractivity contribution in [3.63, 3.8) is 0 Å². The maximum absolute atomic E-state index is 6.21. The first-order valence-electron chi connectivity index (χ1n) is 5.22. The Bertz CT molecular complexity index is 145. The van der Waals surface area contributed by atoms with Crippen molar-refractivity contribution in [3.8, 4) is 0 Å². The van der Waals surface area contributed by atoms with Crippen molar-refractivity contribution >= 4 is 12.6 Å². The highest BCUT2D eigenvalue weighted by atomic mass is 32.1. The number of thiol groups is 1. The highest BCUT2D eigenvalue weighted by Crippen LogP contribution is 2.45. The van der Waals surface area contributed by atoms with Gasteiger partial charge in [0.25, 0.3) is 0 Å². The van der Waals surface area contributed by atoms with Gasteiger partial charge in [0.2, 0.25) is 0 Å². The van der Waals surface area contributed by atoms with Gasteiger partial charge in [-0.1, -0.05) is 34.6 Å². The smallest absolute Gasteiger partial charge is 0.0106 e. The first kappa shape index (κ1) is 13.3. The lowest BCUT2D eigenvalue weighted by Gasteiger charge is -2.47. The summed E-state index contributed by atoms with van der Waals surface area (Å²) >= 11 is 4.49. The Balaban J connectivity index is 4.91. The molecule has 0 aromatic rings. The minimum absolute atomic E-state index is 0.171. The highest BCUT2D eigenvalue weighted by Gasteiger charge is 2.43. The quantitative estimate of drug-likeness (QED) is 0.675. The average molecular weight is 203 g/mol. The van der Waals surface area contributed by atoms with Gasteiger partial charge in [-0.25, -0.2) is 0 Å². The SMILES string of the molecule is CC[C@@H](N)C(CC)(CS)C(C)(C)C. The lowest BCUT2D eigenvalue weighted by Crippen LogP contribution is -2.51. The van der Waals surface area contributed by atoms with E-state index >= 15 is 0 Å². The van der Waals surface area contributed by atoms with Crippen LogP contribution in [0.2, 0.25) is 0 Å². The number of rotatable bonds is 4. The molecule has 0 amide bonds. The van der Waals surface area contributed by atoms with Crippen molar-refractivity contribution in [3.05, 3.63) is 0 Å². The van der Waals surface area contributed by atoms with E-state index < -0.39 is 0 Å². The second kappa shape index (κ2) is 4.70. The van der Waals surface area contributed by atoms with E-state index in [0.29, 0.717) is 0 Å². The number of hydrogen-bond donors (Lipinski definition) is 2. The molecule has 1 nitrogen and oxygen atoms in total. The molecule has 0 radical (unpaired) electrons. The molecular formula is C11H25NS. The molecule has 0 aliphatic rings. The normalized spacial score (nSPS) is 19.6. The monoisotopic (exact) mass is 203 g/mol. The lowest BCUT2D eigenvalue weighted by atomic mass is 9.61. The third kappa shape index (κ3) is 2.41. The Labute approximate surface area is 88.9 Å². The van der Waals surface area contributed by atoms with Gasteiger partial charge in [-0.3, -0.25) is 0 Å². The van der Waals surface area contributed by atoms with Gasteiger partial charge in [-0.15, -0.1) is 0 Å². The van der Waals surface area contributed by atoms with Crippen LogP contribution < -0.4 is 5.73 Å². The van der Waals surface area contributed by atoms with Gasteiger partial charge in [0, 0.05) is 6.04 Å². The fraction of sp³-hybridized carbons (Fsp3) is 1.00. The van der Waals surface area contributed by atoms with Crippen LogP contribution in [0.4, 0.5) is 0 Å². The van der Waals surface area contributed by atoms with E-state index in [2.05, 4.69) is 47.2 Å². The summed E-state index contributed by atoms with van der Waals surface area (Å²) in [6.45, 7) is 11.2. The molecule has 0 saturated heterocycles. The van der Waals surface area contributed by atoms with Gasteiger partial charge in [-0.2, -0.15) is 12.6 Å². The second-order valence-corrected chi connectivity index (χ2v) is 5.25. The van der Waals surface area contributed by atoms with Crippen LogP contribution in [0, 0.1) is 10.8 Å². The summed E-state index contributed by atoms with van der Waals surface area (Å²) in [6, 6.07) is 0.259. The van der Waals surface area contributed by atoms with Gasteiger partial charge in [0.1, 0.15) is 0 Å². The molecule has 0 bridgehead atoms. The zero-order chi connectivity index (χ0) is 10.7. The van der Waals surface area contributed by atoms with Crippen molar-refractivity contribution in [1.82, 2.24) is 0 Å². The topological polar surface area (TPSA) is 26.0 Å². The largest absolute Gasteiger partial charge is 0.327 e. The van der Waals surface area contributed by atoms with Gasteiger partial charge in [0.15, 0.2) is 0 Å². The Hall–Kier alpha value is 0.310. The predicted molar refractivity (Wildman–Crippen MR) is 64.3 cm³/mol. The van der Waals surface area contributed by atoms with E-state index in [0.717, 1.165) is 18.6 Å². The lowest BCUT2D eigenvalue weighted by molar-refractivity contribution is 0.0736. The summed E-state index contributed by atoms with van der Waals surface area (Å²) in [5.74, 6) is 0.877. The van der Waals surface area contributed by atoms with Crippen LogP contribution >= 0.6 is 12.6 Å². The molecule has 0 rings (SSSR count). The zero-order valence-corrected chi connectivity index (χ0v) is 10.6. The average Bonchev–Trinajstić information content (AvgIpc) is 2.04. The van der Waals surface area contributed by atoms with Crippen LogP contribution in [-0.4, -0.2) is 11.8 Å². The highest BCUT2D eigenvalue weighted by molar-refractivity contribution is 7.80. The van der Waals surface area contributed by atoms with Gasteiger partial charge >= 0.3 is 0 Å². The molecule has 0 aromatic heterocycles. The Morgan fingerprint density at radius 3 is 1.77 bits per heavy atom. The van der Waals surface area contributed by atoms with Gasteiger partial charge < -0.3 is 5.73 Å². The van der Waals surface area contributed by atoms with Crippen LogP contribution in [0.3, 0.4) is 0 Å². The van der Waals surface area contributed by atoms with Crippen molar-refractivity contribution in [1.29, 1.82) is 0 Å². The van der Waals surface area contributed by atoms with Crippen LogP contribution in [0.15, 0.2) is 0 Å². The fourth-order valence-electron chi connectivity index (χ4n) is 2.21. The van der Waals surface area contributed by atoms with E-state index in [1.807, 2.05) is 0 Å². The molecule has 0 fully saturated rings. The van der Waals surface area contributed by atoms with Crippen LogP contribution in [-0.2, 0) is 0 Å². The van der Waals surface area contributed by atoms with Crippen molar-refractivity contribution in [2.75, 3.05) is 5.75 Å². The Morgan fingerprint density at radius 2 is 1.69 bits per heavy atom. The molecule has 2 heteroatoms. The van der Waals surface area contributed by atoms with Gasteiger partial charge in [-0.05, 0) is 29.4 Å². The third-order valence-electron chi connectivity index (χ3n) is 3.56. The summed E-state index contributed by atoms with van der Waals surface area (Å²) in [4.78, 5) is 0. The summed E-state index contributed by atoms with van der Waals surface area (Å²) in [5.41, 5.74) is 6.62. The molecule has 80 valence electrons. The molecule has 0 aromatic carbocycles. The fourth-order valence-corrected chi connectivity index (χ4v) is 3.14. The third-order valence-corrected chi connectivity index (χ3v) is 4.12. The molecule has 2 atom stereocenters. The molecule has 13 heavy (non-hydrogen) atoms. The van der Waals surface area contributed by atoms with Crippen molar-refractivity contribution in [2.24, 2.45) is 16.6 Å². The maximum atomic E-state index is 6.21. The van der Waals surface area contributed by atoms with Crippen LogP contribution in [0.25, 0.3) is 0 Å². The summed E-state index contributed by atoms with van der Waals surface area (Å²) in [6.07, 6.45) is 2.14. The standard InChI is InChI=1S/C11H25NS/c1-6-9(12)11(7-2,8-13)10(3,4)5/h9,13H,6-8,12H2,1-5H3/t9-,11?/m1/s1. The minimum Gasteiger partial charge on any atom is -0.327 e. The molecule has 0 heterocycles. The van der Waals surface area contributed by atoms with Gasteiger partial charge in [0.05, 0.1) is 0 Å². The van der Waals surface area contributed by atoms with E-state index in [4.69, 9.17) is 5.73 Å². The van der Waals surface area contributed by atoms with E-state index in [1.165, 1.54) is 0 Å². The molecule has 2 N–H and O–H groups in total. The molecule has 1 unspecified atom stereocenters. The second-order valence-electron chi connectivity index (χ2n) is 4.93. The Kier molecular flexibility index (Phi) is 4.81. The van der Waals surface area contributed by atoms with E-state index in [1.54, 1.807) is 0 Å². The first-order chi connectivity index (χ1) is 5.85. The molecular weight excluding hydrogens is 178 g/mol. The van der Waals surface area contributed by atoms with E-state index in [9.17, 15) is 0 Å². The minimum atomic E-state index is 0.171. The maximum Gasteiger partial charge on any atom is 0.0106 e. The summed E-state index contributed by atoms with van der Waals surface area (Å²) in [7, 11) is 0. The number of hydrogen-bond acceptors (Lipinski definition) is 2. The van der Waals surface area contributed by atoms with Crippen molar-refractivity contribution in [2.45, 2.75) is 53.5 Å². The zero-order valence-electron chi connectivity index (χ0n) is 9.72. The van der Waals surface area contributed by atoms with Crippen LogP contribution in [0.1, 0.15) is 47.5 Å². The molecule has 0 aliphatic carbocycles. The summed E-state index contributed by atoms with van der Waals surface area (Å²) in [5, 5.41) is 0. The number of nitrogens with two attached hydrogens (primary N) is 1. The molecule has 0 aliphatic heterocycles. The van der Waals surface area contributed by atoms with Crippen LogP contribution in [0.5, 0.6) is 0 Å². The first-order valence-corrected chi connectivity index (χ1v) is 5.85. The Morgan fingerprint density at radius 1 is 1.23 bits per heavy atom. The predicted octanol–water partition coefficient (Wildman–Crippen LogP) is 3.10. The molecule has 0 saturated carbocycles. The molecule has 0 spiro atoms. The van der Waals surface area contributed by atoms with E-state index in [-0.39, 0.29) is 16.9 Å². The van der Waals surface area contributed by atoms with Crippen molar-refractivity contribution < 1.29 is 0 Å².